The highest BCUT2D eigenvalue weighted by molar-refractivity contribution is 7.97. The molecule has 2 N–H and O–H groups in total. The van der Waals surface area contributed by atoms with Crippen LogP contribution in [0.5, 0.6) is 0 Å². The average molecular weight is 373 g/mol. The second kappa shape index (κ2) is 7.80. The van der Waals surface area contributed by atoms with E-state index in [1.54, 1.807) is 18.9 Å². The van der Waals surface area contributed by atoms with Crippen LogP contribution in [0.4, 0.5) is 10.1 Å². The Bertz CT molecular complexity index is 787. The molecule has 0 radical (unpaired) electrons. The van der Waals surface area contributed by atoms with E-state index in [-0.39, 0.29) is 12.5 Å². The highest BCUT2D eigenvalue weighted by Gasteiger charge is 2.25. The fourth-order valence-corrected chi connectivity index (χ4v) is 3.70. The minimum absolute atomic E-state index is 0.0601. The lowest BCUT2D eigenvalue weighted by molar-refractivity contribution is -0.116. The third-order valence-electron chi connectivity index (χ3n) is 4.55. The Kier molecular flexibility index (Phi) is 5.68. The summed E-state index contributed by atoms with van der Waals surface area (Å²) in [5.41, 5.74) is 3.31. The van der Waals surface area contributed by atoms with Gasteiger partial charge in [-0.2, -0.15) is 0 Å². The Morgan fingerprint density at radius 3 is 2.54 bits per heavy atom. The summed E-state index contributed by atoms with van der Waals surface area (Å²) in [6, 6.07) is 13.7. The van der Waals surface area contributed by atoms with Crippen molar-refractivity contribution in [3.8, 4) is 11.1 Å². The molecule has 138 valence electrons. The minimum atomic E-state index is -1.43. The van der Waals surface area contributed by atoms with Gasteiger partial charge in [-0.1, -0.05) is 62.2 Å². The SMILES string of the molecule is CC(C)SNCC(C)(F)c1ccc(-c2ccc3c(c2)NC(=O)CC3)cc1. The van der Waals surface area contributed by atoms with Gasteiger partial charge in [0, 0.05) is 23.9 Å². The summed E-state index contributed by atoms with van der Waals surface area (Å²) in [7, 11) is 0. The Hall–Kier alpha value is -1.85. The van der Waals surface area contributed by atoms with E-state index in [1.165, 1.54) is 0 Å². The van der Waals surface area contributed by atoms with Crippen LogP contribution in [0.1, 0.15) is 38.3 Å². The van der Waals surface area contributed by atoms with Crippen LogP contribution in [0.2, 0.25) is 0 Å². The zero-order valence-electron chi connectivity index (χ0n) is 15.4. The first kappa shape index (κ1) is 18.9. The summed E-state index contributed by atoms with van der Waals surface area (Å²) in [5.74, 6) is 0.0601. The number of halogens is 1. The van der Waals surface area contributed by atoms with E-state index in [1.807, 2.05) is 30.3 Å². The monoisotopic (exact) mass is 372 g/mol. The number of aryl methyl sites for hydroxylation is 1. The molecule has 0 saturated heterocycles. The van der Waals surface area contributed by atoms with Crippen molar-refractivity contribution in [2.24, 2.45) is 0 Å². The molecule has 5 heteroatoms. The molecule has 1 amide bonds. The predicted octanol–water partition coefficient (Wildman–Crippen LogP) is 5.07. The van der Waals surface area contributed by atoms with Gasteiger partial charge in [-0.3, -0.25) is 9.52 Å². The normalized spacial score (nSPS) is 16.1. The van der Waals surface area contributed by atoms with Crippen LogP contribution in [0.25, 0.3) is 11.1 Å². The molecule has 1 atom stereocenters. The molecule has 0 aromatic heterocycles. The van der Waals surface area contributed by atoms with Gasteiger partial charge in [0.2, 0.25) is 5.91 Å². The van der Waals surface area contributed by atoms with Crippen LogP contribution < -0.4 is 10.0 Å². The maximum atomic E-state index is 15.0. The van der Waals surface area contributed by atoms with Gasteiger partial charge in [-0.05, 0) is 41.7 Å². The summed E-state index contributed by atoms with van der Waals surface area (Å²) in [5, 5.41) is 3.34. The van der Waals surface area contributed by atoms with Crippen molar-refractivity contribution in [3.05, 3.63) is 53.6 Å². The number of carbonyl (C=O) groups excluding carboxylic acids is 1. The molecule has 26 heavy (non-hydrogen) atoms. The van der Waals surface area contributed by atoms with Gasteiger partial charge in [0.1, 0.15) is 5.67 Å². The van der Waals surface area contributed by atoms with Gasteiger partial charge in [0.05, 0.1) is 0 Å². The standard InChI is InChI=1S/C21H25FN2OS/c1-14(2)26-23-13-21(3,22)18-9-6-15(7-10-18)17-5-4-16-8-11-20(25)24-19(16)12-17/h4-7,9-10,12,14,23H,8,11,13H2,1-3H3,(H,24,25). The lowest BCUT2D eigenvalue weighted by Gasteiger charge is -2.22. The van der Waals surface area contributed by atoms with Crippen LogP contribution in [-0.2, 0) is 16.9 Å². The number of hydrogen-bond acceptors (Lipinski definition) is 3. The number of amides is 1. The molecule has 2 aromatic rings. The first-order chi connectivity index (χ1) is 12.3. The number of anilines is 1. The fraction of sp³-hybridized carbons (Fsp3) is 0.381. The highest BCUT2D eigenvalue weighted by Crippen LogP contribution is 2.31. The van der Waals surface area contributed by atoms with E-state index in [0.29, 0.717) is 17.2 Å². The molecule has 1 unspecified atom stereocenters. The number of benzene rings is 2. The third kappa shape index (κ3) is 4.46. The molecule has 0 bridgehead atoms. The lowest BCUT2D eigenvalue weighted by atomic mass is 9.94. The summed E-state index contributed by atoms with van der Waals surface area (Å²) in [4.78, 5) is 11.6. The minimum Gasteiger partial charge on any atom is -0.326 e. The Labute approximate surface area is 158 Å². The number of alkyl halides is 1. The molecule has 1 aliphatic rings. The maximum Gasteiger partial charge on any atom is 0.224 e. The Morgan fingerprint density at radius 1 is 1.15 bits per heavy atom. The number of fused-ring (bicyclic) bond motifs is 1. The first-order valence-electron chi connectivity index (χ1n) is 8.96. The van der Waals surface area contributed by atoms with Crippen LogP contribution in [0.15, 0.2) is 42.5 Å². The van der Waals surface area contributed by atoms with Crippen molar-refractivity contribution in [1.82, 2.24) is 4.72 Å². The molecule has 0 saturated carbocycles. The second-order valence-corrected chi connectivity index (χ2v) is 8.65. The van der Waals surface area contributed by atoms with E-state index >= 15 is 0 Å². The van der Waals surface area contributed by atoms with Crippen LogP contribution >= 0.6 is 11.9 Å². The summed E-state index contributed by atoms with van der Waals surface area (Å²) in [6.45, 7) is 6.01. The zero-order chi connectivity index (χ0) is 18.7. The van der Waals surface area contributed by atoms with Crippen molar-refractivity contribution in [2.45, 2.75) is 44.5 Å². The van der Waals surface area contributed by atoms with E-state index in [2.05, 4.69) is 36.0 Å². The predicted molar refractivity (Wildman–Crippen MR) is 108 cm³/mol. The average Bonchev–Trinajstić information content (AvgIpc) is 2.60. The van der Waals surface area contributed by atoms with E-state index in [0.717, 1.165) is 28.8 Å². The Balaban J connectivity index is 1.75. The van der Waals surface area contributed by atoms with Crippen molar-refractivity contribution in [2.75, 3.05) is 11.9 Å². The number of carbonyl (C=O) groups is 1. The van der Waals surface area contributed by atoms with Crippen molar-refractivity contribution >= 4 is 23.5 Å². The molecule has 3 rings (SSSR count). The molecule has 1 heterocycles. The quantitative estimate of drug-likeness (QED) is 0.696. The topological polar surface area (TPSA) is 41.1 Å². The van der Waals surface area contributed by atoms with Gasteiger partial charge in [0.15, 0.2) is 0 Å². The van der Waals surface area contributed by atoms with Gasteiger partial charge >= 0.3 is 0 Å². The van der Waals surface area contributed by atoms with E-state index in [9.17, 15) is 9.18 Å². The van der Waals surface area contributed by atoms with Crippen LogP contribution in [0, 0.1) is 0 Å². The summed E-state index contributed by atoms with van der Waals surface area (Å²) >= 11 is 1.54. The molecular formula is C21H25FN2OS. The largest absolute Gasteiger partial charge is 0.326 e. The molecule has 0 fully saturated rings. The first-order valence-corrected chi connectivity index (χ1v) is 9.84. The van der Waals surface area contributed by atoms with Crippen molar-refractivity contribution in [3.63, 3.8) is 0 Å². The van der Waals surface area contributed by atoms with Gasteiger partial charge in [0.25, 0.3) is 0 Å². The third-order valence-corrected chi connectivity index (χ3v) is 5.33. The lowest BCUT2D eigenvalue weighted by Crippen LogP contribution is -2.29. The molecular weight excluding hydrogens is 347 g/mol. The highest BCUT2D eigenvalue weighted by atomic mass is 32.2. The maximum absolute atomic E-state index is 15.0. The Morgan fingerprint density at radius 2 is 1.85 bits per heavy atom. The summed E-state index contributed by atoms with van der Waals surface area (Å²) in [6.07, 6.45) is 1.32. The van der Waals surface area contributed by atoms with Crippen molar-refractivity contribution < 1.29 is 9.18 Å². The number of nitrogens with one attached hydrogen (secondary N) is 2. The smallest absolute Gasteiger partial charge is 0.224 e. The van der Waals surface area contributed by atoms with Gasteiger partial charge in [-0.25, -0.2) is 4.39 Å². The van der Waals surface area contributed by atoms with Gasteiger partial charge in [-0.15, -0.1) is 0 Å². The molecule has 1 aliphatic heterocycles. The van der Waals surface area contributed by atoms with E-state index < -0.39 is 5.67 Å². The van der Waals surface area contributed by atoms with Crippen molar-refractivity contribution in [1.29, 1.82) is 0 Å². The fourth-order valence-electron chi connectivity index (χ4n) is 3.01. The number of hydrogen-bond donors (Lipinski definition) is 2. The summed E-state index contributed by atoms with van der Waals surface area (Å²) < 4.78 is 18.1. The molecule has 0 spiro atoms. The second-order valence-electron chi connectivity index (χ2n) is 7.18. The zero-order valence-corrected chi connectivity index (χ0v) is 16.3. The molecule has 2 aromatic carbocycles. The molecule has 0 aliphatic carbocycles. The van der Waals surface area contributed by atoms with E-state index in [4.69, 9.17) is 0 Å². The van der Waals surface area contributed by atoms with Crippen LogP contribution in [0.3, 0.4) is 0 Å². The van der Waals surface area contributed by atoms with Gasteiger partial charge < -0.3 is 5.32 Å². The number of rotatable bonds is 6. The molecule has 3 nitrogen and oxygen atoms in total. The van der Waals surface area contributed by atoms with Crippen LogP contribution in [-0.4, -0.2) is 17.7 Å².